The van der Waals surface area contributed by atoms with E-state index in [4.69, 9.17) is 4.74 Å². The smallest absolute Gasteiger partial charge is 0.265 e. The number of hydrogen-bond donors (Lipinski definition) is 0. The van der Waals surface area contributed by atoms with Crippen LogP contribution in [-0.2, 0) is 0 Å². The predicted octanol–water partition coefficient (Wildman–Crippen LogP) is 3.48. The number of thiazole rings is 1. The molecule has 1 aliphatic carbocycles. The molecule has 1 fully saturated rings. The maximum Gasteiger partial charge on any atom is 0.265 e. The summed E-state index contributed by atoms with van der Waals surface area (Å²) in [5.74, 6) is 1.20. The topological polar surface area (TPSA) is 66.2 Å². The van der Waals surface area contributed by atoms with E-state index in [1.165, 1.54) is 24.2 Å². The first-order valence-electron chi connectivity index (χ1n) is 7.86. The van der Waals surface area contributed by atoms with Crippen LogP contribution in [-0.4, -0.2) is 36.5 Å². The van der Waals surface area contributed by atoms with Crippen molar-refractivity contribution in [1.29, 1.82) is 5.26 Å². The van der Waals surface area contributed by atoms with E-state index in [1.807, 2.05) is 19.1 Å². The molecule has 0 spiro atoms. The molecule has 5 nitrogen and oxygen atoms in total. The Kier molecular flexibility index (Phi) is 4.54. The first kappa shape index (κ1) is 16.5. The molecule has 1 aliphatic rings. The van der Waals surface area contributed by atoms with Crippen molar-refractivity contribution in [3.05, 3.63) is 34.3 Å². The van der Waals surface area contributed by atoms with E-state index < -0.39 is 0 Å². The quantitative estimate of drug-likeness (QED) is 0.835. The number of nitriles is 1. The molecule has 1 amide bonds. The summed E-state index contributed by atoms with van der Waals surface area (Å²) >= 11 is 1.35. The lowest BCUT2D eigenvalue weighted by Crippen LogP contribution is -2.21. The van der Waals surface area contributed by atoms with Crippen molar-refractivity contribution in [2.45, 2.75) is 19.8 Å². The number of amides is 1. The molecule has 3 rings (SSSR count). The van der Waals surface area contributed by atoms with Crippen molar-refractivity contribution < 1.29 is 9.53 Å². The summed E-state index contributed by atoms with van der Waals surface area (Å²) in [5, 5.41) is 10.1. The van der Waals surface area contributed by atoms with Crippen LogP contribution in [0.15, 0.2) is 18.2 Å². The van der Waals surface area contributed by atoms with Crippen LogP contribution in [0.4, 0.5) is 0 Å². The Labute approximate surface area is 145 Å². The number of nitrogens with zero attached hydrogens (tertiary/aromatic N) is 3. The lowest BCUT2D eigenvalue weighted by atomic mass is 10.1. The van der Waals surface area contributed by atoms with Crippen LogP contribution in [0.3, 0.4) is 0 Å². The first-order valence-corrected chi connectivity index (χ1v) is 8.67. The second-order valence-corrected chi connectivity index (χ2v) is 7.21. The molecule has 0 unspecified atom stereocenters. The third kappa shape index (κ3) is 3.41. The standard InChI is InChI=1S/C18H19N3O2S/c1-11-16(18(22)21(2)3)24-17(20-11)13-6-7-15(14(8-13)9-19)23-10-12-4-5-12/h6-8,12H,4-5,10H2,1-3H3. The van der Waals surface area contributed by atoms with E-state index >= 15 is 0 Å². The number of aryl methyl sites for hydroxylation is 1. The van der Waals surface area contributed by atoms with Gasteiger partial charge in [-0.05, 0) is 43.9 Å². The number of rotatable bonds is 5. The molecule has 0 radical (unpaired) electrons. The van der Waals surface area contributed by atoms with E-state index in [2.05, 4.69) is 11.1 Å². The second kappa shape index (κ2) is 6.62. The molecular formula is C18H19N3O2S. The molecule has 2 aromatic rings. The van der Waals surface area contributed by atoms with Crippen LogP contribution in [0.2, 0.25) is 0 Å². The average Bonchev–Trinajstić information content (AvgIpc) is 3.32. The van der Waals surface area contributed by atoms with Crippen LogP contribution in [0, 0.1) is 24.2 Å². The Morgan fingerprint density at radius 2 is 2.21 bits per heavy atom. The number of benzene rings is 1. The van der Waals surface area contributed by atoms with Gasteiger partial charge in [-0.15, -0.1) is 11.3 Å². The van der Waals surface area contributed by atoms with Crippen LogP contribution >= 0.6 is 11.3 Å². The molecule has 1 saturated carbocycles. The van der Waals surface area contributed by atoms with Gasteiger partial charge < -0.3 is 9.64 Å². The van der Waals surface area contributed by atoms with Crippen molar-refractivity contribution in [2.24, 2.45) is 5.92 Å². The summed E-state index contributed by atoms with van der Waals surface area (Å²) in [7, 11) is 3.45. The highest BCUT2D eigenvalue weighted by Crippen LogP contribution is 2.33. The largest absolute Gasteiger partial charge is 0.492 e. The lowest BCUT2D eigenvalue weighted by Gasteiger charge is -2.08. The lowest BCUT2D eigenvalue weighted by molar-refractivity contribution is 0.0831. The number of hydrogen-bond acceptors (Lipinski definition) is 5. The minimum Gasteiger partial charge on any atom is -0.492 e. The molecule has 1 heterocycles. The Balaban J connectivity index is 1.88. The molecule has 1 aromatic heterocycles. The van der Waals surface area contributed by atoms with E-state index in [0.29, 0.717) is 34.4 Å². The summed E-state index contributed by atoms with van der Waals surface area (Å²) < 4.78 is 5.74. The minimum absolute atomic E-state index is 0.0545. The van der Waals surface area contributed by atoms with Crippen molar-refractivity contribution in [3.63, 3.8) is 0 Å². The van der Waals surface area contributed by atoms with Crippen molar-refractivity contribution >= 4 is 17.2 Å². The van der Waals surface area contributed by atoms with Gasteiger partial charge in [0.05, 0.1) is 17.9 Å². The molecule has 0 aliphatic heterocycles. The monoisotopic (exact) mass is 341 g/mol. The van der Waals surface area contributed by atoms with Crippen LogP contribution in [0.1, 0.15) is 33.8 Å². The van der Waals surface area contributed by atoms with E-state index in [9.17, 15) is 10.1 Å². The summed E-state index contributed by atoms with van der Waals surface area (Å²) in [6.07, 6.45) is 2.42. The van der Waals surface area contributed by atoms with E-state index in [1.54, 1.807) is 25.1 Å². The highest BCUT2D eigenvalue weighted by Gasteiger charge is 2.23. The van der Waals surface area contributed by atoms with Crippen LogP contribution in [0.5, 0.6) is 5.75 Å². The third-order valence-electron chi connectivity index (χ3n) is 3.92. The SMILES string of the molecule is Cc1nc(-c2ccc(OCC3CC3)c(C#N)c2)sc1C(=O)N(C)C. The summed E-state index contributed by atoms with van der Waals surface area (Å²) in [6, 6.07) is 7.69. The fourth-order valence-corrected chi connectivity index (χ4v) is 3.37. The number of carbonyl (C=O) groups is 1. The molecule has 1 aromatic carbocycles. The highest BCUT2D eigenvalue weighted by molar-refractivity contribution is 7.17. The normalized spacial score (nSPS) is 13.4. The van der Waals surface area contributed by atoms with Gasteiger partial charge in [0.15, 0.2) is 0 Å². The number of ether oxygens (including phenoxy) is 1. The van der Waals surface area contributed by atoms with Crippen molar-refractivity contribution in [1.82, 2.24) is 9.88 Å². The van der Waals surface area contributed by atoms with Gasteiger partial charge >= 0.3 is 0 Å². The van der Waals surface area contributed by atoms with Gasteiger partial charge in [-0.3, -0.25) is 4.79 Å². The minimum atomic E-state index is -0.0545. The Morgan fingerprint density at radius 1 is 1.46 bits per heavy atom. The highest BCUT2D eigenvalue weighted by atomic mass is 32.1. The molecule has 124 valence electrons. The maximum atomic E-state index is 12.2. The van der Waals surface area contributed by atoms with Gasteiger partial charge in [-0.25, -0.2) is 4.98 Å². The zero-order chi connectivity index (χ0) is 17.3. The van der Waals surface area contributed by atoms with Gasteiger partial charge in [-0.2, -0.15) is 5.26 Å². The molecule has 0 atom stereocenters. The van der Waals surface area contributed by atoms with Gasteiger partial charge in [0.1, 0.15) is 21.7 Å². The van der Waals surface area contributed by atoms with Crippen molar-refractivity contribution in [2.75, 3.05) is 20.7 Å². The Morgan fingerprint density at radius 3 is 2.83 bits per heavy atom. The fraction of sp³-hybridized carbons (Fsp3) is 0.389. The Bertz CT molecular complexity index is 816. The molecule has 0 saturated heterocycles. The van der Waals surface area contributed by atoms with Crippen LogP contribution in [0.25, 0.3) is 10.6 Å². The van der Waals surface area contributed by atoms with Crippen LogP contribution < -0.4 is 4.74 Å². The van der Waals surface area contributed by atoms with Gasteiger partial charge in [0, 0.05) is 19.7 Å². The summed E-state index contributed by atoms with van der Waals surface area (Å²) in [5.41, 5.74) is 2.04. The third-order valence-corrected chi connectivity index (χ3v) is 5.11. The van der Waals surface area contributed by atoms with Gasteiger partial charge in [0.2, 0.25) is 0 Å². The van der Waals surface area contributed by atoms with E-state index in [-0.39, 0.29) is 5.91 Å². The van der Waals surface area contributed by atoms with Gasteiger partial charge in [0.25, 0.3) is 5.91 Å². The van der Waals surface area contributed by atoms with Gasteiger partial charge in [-0.1, -0.05) is 0 Å². The average molecular weight is 341 g/mol. The summed E-state index contributed by atoms with van der Waals surface area (Å²) in [4.78, 5) is 18.8. The Hall–Kier alpha value is -2.39. The van der Waals surface area contributed by atoms with E-state index in [0.717, 1.165) is 10.6 Å². The van der Waals surface area contributed by atoms with Crippen molar-refractivity contribution in [3.8, 4) is 22.4 Å². The number of carbonyl (C=O) groups excluding carboxylic acids is 1. The summed E-state index contributed by atoms with van der Waals surface area (Å²) in [6.45, 7) is 2.50. The predicted molar refractivity (Wildman–Crippen MR) is 93.2 cm³/mol. The number of aromatic nitrogens is 1. The fourth-order valence-electron chi connectivity index (χ4n) is 2.29. The molecule has 24 heavy (non-hydrogen) atoms. The second-order valence-electron chi connectivity index (χ2n) is 6.21. The zero-order valence-electron chi connectivity index (χ0n) is 14.0. The first-order chi connectivity index (χ1) is 11.5. The molecular weight excluding hydrogens is 322 g/mol. The molecule has 0 N–H and O–H groups in total. The molecule has 6 heteroatoms. The maximum absolute atomic E-state index is 12.2. The molecule has 0 bridgehead atoms. The zero-order valence-corrected chi connectivity index (χ0v) is 14.8.